The summed E-state index contributed by atoms with van der Waals surface area (Å²) in [5, 5.41) is 8.75. The number of halogens is 3. The minimum atomic E-state index is -4.50. The monoisotopic (exact) mass is 476 g/mol. The minimum absolute atomic E-state index is 0.306. The topological polar surface area (TPSA) is 114 Å². The summed E-state index contributed by atoms with van der Waals surface area (Å²) in [6, 6.07) is 8.79. The molecule has 0 aliphatic carbocycles. The van der Waals surface area contributed by atoms with Crippen molar-refractivity contribution >= 4 is 35.0 Å². The number of pyridine rings is 1. The van der Waals surface area contributed by atoms with Gasteiger partial charge in [-0.05, 0) is 29.7 Å². The molecule has 0 unspecified atom stereocenters. The number of anilines is 1. The van der Waals surface area contributed by atoms with Crippen LogP contribution in [0.4, 0.5) is 23.7 Å². The molecule has 0 aliphatic heterocycles. The number of fused-ring (bicyclic) bond motifs is 1. The fraction of sp³-hybridized carbons (Fsp3) is 0.0952. The lowest BCUT2D eigenvalue weighted by atomic mass is 10.1. The third-order valence-corrected chi connectivity index (χ3v) is 4.86. The summed E-state index contributed by atoms with van der Waals surface area (Å²) >= 11 is 1.17. The molecule has 0 bridgehead atoms. The highest BCUT2D eigenvalue weighted by molar-refractivity contribution is 8.05. The fourth-order valence-corrected chi connectivity index (χ4v) is 3.19. The van der Waals surface area contributed by atoms with Crippen molar-refractivity contribution in [2.75, 3.05) is 11.9 Å². The Hall–Kier alpha value is -3.93. The molecule has 2 aromatic heterocycles. The number of rotatable bonds is 7. The van der Waals surface area contributed by atoms with E-state index in [1.54, 1.807) is 63.9 Å². The van der Waals surface area contributed by atoms with Crippen LogP contribution in [0.3, 0.4) is 0 Å². The second kappa shape index (κ2) is 10.1. The zero-order valence-corrected chi connectivity index (χ0v) is 17.8. The zero-order valence-electron chi connectivity index (χ0n) is 17.0. The molecule has 0 spiro atoms. The van der Waals surface area contributed by atoms with E-state index >= 15 is 0 Å². The van der Waals surface area contributed by atoms with Crippen molar-refractivity contribution in [3.05, 3.63) is 77.6 Å². The third kappa shape index (κ3) is 6.53. The van der Waals surface area contributed by atoms with E-state index in [1.807, 2.05) is 0 Å². The van der Waals surface area contributed by atoms with Crippen LogP contribution in [-0.2, 0) is 0 Å². The van der Waals surface area contributed by atoms with Gasteiger partial charge in [-0.1, -0.05) is 30.5 Å². The lowest BCUT2D eigenvalue weighted by Crippen LogP contribution is -2.36. The Labute approximate surface area is 190 Å². The van der Waals surface area contributed by atoms with Gasteiger partial charge in [0.15, 0.2) is 0 Å². The van der Waals surface area contributed by atoms with Crippen LogP contribution < -0.4 is 21.7 Å². The molecular weight excluding hydrogens is 457 g/mol. The van der Waals surface area contributed by atoms with Crippen LogP contribution in [-0.4, -0.2) is 34.0 Å². The molecule has 8 nitrogen and oxygen atoms in total. The number of carbonyl (C=O) groups is 2. The normalized spacial score (nSPS) is 11.5. The van der Waals surface area contributed by atoms with Gasteiger partial charge >= 0.3 is 12.2 Å². The highest BCUT2D eigenvalue weighted by atomic mass is 32.2. The number of alkyl halides is 3. The van der Waals surface area contributed by atoms with Crippen LogP contribution in [0.15, 0.2) is 72.0 Å². The van der Waals surface area contributed by atoms with Crippen molar-refractivity contribution in [3.8, 4) is 11.3 Å². The van der Waals surface area contributed by atoms with E-state index in [0.717, 1.165) is 0 Å². The molecule has 5 N–H and O–H groups in total. The largest absolute Gasteiger partial charge is 0.405 e. The molecule has 0 saturated carbocycles. The number of carbonyl (C=O) groups excluding carboxylic acids is 2. The Morgan fingerprint density at radius 3 is 2.76 bits per heavy atom. The number of imidazole rings is 1. The number of benzene rings is 1. The van der Waals surface area contributed by atoms with Gasteiger partial charge in [-0.25, -0.2) is 9.78 Å². The van der Waals surface area contributed by atoms with Crippen LogP contribution in [0.25, 0.3) is 16.9 Å². The summed E-state index contributed by atoms with van der Waals surface area (Å²) < 4.78 is 38.5. The minimum Gasteiger partial charge on any atom is -0.404 e. The maximum absolute atomic E-state index is 12.4. The van der Waals surface area contributed by atoms with Gasteiger partial charge in [0.1, 0.15) is 12.2 Å². The first-order valence-corrected chi connectivity index (χ1v) is 10.3. The Morgan fingerprint density at radius 2 is 2.03 bits per heavy atom. The van der Waals surface area contributed by atoms with Gasteiger partial charge in [0, 0.05) is 29.2 Å². The van der Waals surface area contributed by atoms with E-state index in [9.17, 15) is 22.8 Å². The number of hydrogen-bond donors (Lipinski definition) is 4. The number of thioether (sulfide) groups is 1. The van der Waals surface area contributed by atoms with Crippen molar-refractivity contribution < 1.29 is 22.8 Å². The number of hydrogen-bond acceptors (Lipinski definition) is 5. The molecule has 0 atom stereocenters. The molecule has 2 heterocycles. The molecule has 0 fully saturated rings. The predicted octanol–water partition coefficient (Wildman–Crippen LogP) is 4.05. The van der Waals surface area contributed by atoms with Crippen LogP contribution in [0.1, 0.15) is 10.4 Å². The lowest BCUT2D eigenvalue weighted by Gasteiger charge is -2.11. The van der Waals surface area contributed by atoms with E-state index in [0.29, 0.717) is 33.2 Å². The average molecular weight is 476 g/mol. The van der Waals surface area contributed by atoms with Crippen molar-refractivity contribution in [1.82, 2.24) is 20.0 Å². The first-order valence-electron chi connectivity index (χ1n) is 9.39. The summed E-state index contributed by atoms with van der Waals surface area (Å²) in [7, 11) is 0. The summed E-state index contributed by atoms with van der Waals surface area (Å²) in [6.45, 7) is 2.30. The number of aromatic nitrogens is 2. The Bertz CT molecular complexity index is 1220. The van der Waals surface area contributed by atoms with E-state index in [-0.39, 0.29) is 5.91 Å². The molecular formula is C21H19F3N6O2S. The Kier molecular flexibility index (Phi) is 7.28. The van der Waals surface area contributed by atoms with Gasteiger partial charge in [0.25, 0.3) is 5.91 Å². The first kappa shape index (κ1) is 23.7. The molecule has 3 amide bonds. The van der Waals surface area contributed by atoms with Gasteiger partial charge in [0.05, 0.1) is 16.9 Å². The first-order chi connectivity index (χ1) is 15.7. The van der Waals surface area contributed by atoms with Crippen LogP contribution in [0, 0.1) is 0 Å². The van der Waals surface area contributed by atoms with E-state index in [1.165, 1.54) is 18.0 Å². The van der Waals surface area contributed by atoms with E-state index in [4.69, 9.17) is 5.73 Å². The molecule has 0 saturated heterocycles. The number of amides is 3. The molecule has 12 heteroatoms. The maximum atomic E-state index is 12.4. The molecule has 0 aliphatic rings. The summed E-state index contributed by atoms with van der Waals surface area (Å²) in [5.74, 6) is -0.360. The lowest BCUT2D eigenvalue weighted by molar-refractivity contribution is -0.122. The predicted molar refractivity (Wildman–Crippen MR) is 121 cm³/mol. The van der Waals surface area contributed by atoms with Crippen molar-refractivity contribution in [1.29, 1.82) is 0 Å². The highest BCUT2D eigenvalue weighted by Gasteiger charge is 2.27. The van der Waals surface area contributed by atoms with Crippen molar-refractivity contribution in [2.24, 2.45) is 5.73 Å². The summed E-state index contributed by atoms with van der Waals surface area (Å²) in [5.41, 5.74) is 7.75. The number of nitrogens with two attached hydrogens (primary N) is 1. The molecule has 172 valence electrons. The number of nitrogens with zero attached hydrogens (tertiary/aromatic N) is 2. The van der Waals surface area contributed by atoms with E-state index in [2.05, 4.69) is 22.2 Å². The fourth-order valence-electron chi connectivity index (χ4n) is 2.80. The average Bonchev–Trinajstić information content (AvgIpc) is 3.19. The second-order valence-corrected chi connectivity index (χ2v) is 7.62. The van der Waals surface area contributed by atoms with Gasteiger partial charge in [0.2, 0.25) is 0 Å². The summed E-state index contributed by atoms with van der Waals surface area (Å²) in [6.07, 6.45) is 0.0811. The summed E-state index contributed by atoms with van der Waals surface area (Å²) in [4.78, 5) is 28.4. The quantitative estimate of drug-likeness (QED) is 0.411. The molecule has 33 heavy (non-hydrogen) atoms. The van der Waals surface area contributed by atoms with Gasteiger partial charge in [-0.15, -0.1) is 0 Å². The molecule has 3 rings (SSSR count). The van der Waals surface area contributed by atoms with Gasteiger partial charge < -0.3 is 21.7 Å². The van der Waals surface area contributed by atoms with Crippen molar-refractivity contribution in [2.45, 2.75) is 6.18 Å². The Morgan fingerprint density at radius 1 is 1.24 bits per heavy atom. The van der Waals surface area contributed by atoms with Gasteiger partial charge in [-0.2, -0.15) is 13.2 Å². The molecule has 0 radical (unpaired) electrons. The third-order valence-electron chi connectivity index (χ3n) is 4.18. The second-order valence-electron chi connectivity index (χ2n) is 6.61. The highest BCUT2D eigenvalue weighted by Crippen LogP contribution is 2.24. The standard InChI is InChI=1S/C21H19F3N6O2S/c1-13(33-8-6-25)28-19(31)15-5-7-30-17(11-26-18(30)10-15)14-3-2-4-16(9-14)29-20(32)27-12-21(22,23)24/h2-11H,1,12,25H2,(H,28,31)(H2,27,29,32)/b8-6-. The molecule has 1 aromatic carbocycles. The van der Waals surface area contributed by atoms with Crippen LogP contribution >= 0.6 is 11.8 Å². The smallest absolute Gasteiger partial charge is 0.404 e. The number of urea groups is 1. The van der Waals surface area contributed by atoms with Crippen molar-refractivity contribution in [3.63, 3.8) is 0 Å². The van der Waals surface area contributed by atoms with Crippen LogP contribution in [0.2, 0.25) is 0 Å². The zero-order chi connectivity index (χ0) is 24.0. The van der Waals surface area contributed by atoms with E-state index < -0.39 is 18.8 Å². The number of nitrogens with one attached hydrogen (secondary N) is 3. The Balaban J connectivity index is 1.76. The maximum Gasteiger partial charge on any atom is 0.405 e. The molecule has 3 aromatic rings. The van der Waals surface area contributed by atoms with Gasteiger partial charge in [-0.3, -0.25) is 9.20 Å². The SMILES string of the molecule is C=C(NC(=O)c1ccn2c(-c3cccc(NC(=O)NCC(F)(F)F)c3)cnc2c1)S/C=C\N. The van der Waals surface area contributed by atoms with Crippen LogP contribution in [0.5, 0.6) is 0 Å².